The number of aromatic amines is 1. The van der Waals surface area contributed by atoms with E-state index in [1.807, 2.05) is 13.0 Å². The molecule has 0 aliphatic heterocycles. The second-order valence-electron chi connectivity index (χ2n) is 8.12. The number of fused-ring (bicyclic) bond motifs is 1. The van der Waals surface area contributed by atoms with Gasteiger partial charge in [-0.3, -0.25) is 19.7 Å². The van der Waals surface area contributed by atoms with Crippen molar-refractivity contribution in [2.75, 3.05) is 0 Å². The molecule has 3 heterocycles. The Morgan fingerprint density at radius 2 is 1.83 bits per heavy atom. The summed E-state index contributed by atoms with van der Waals surface area (Å²) in [6.45, 7) is 8.42. The largest absolute Gasteiger partial charge is 0.354 e. The van der Waals surface area contributed by atoms with Gasteiger partial charge in [0.2, 0.25) is 0 Å². The number of aromatic nitrogens is 4. The Labute approximate surface area is 173 Å². The van der Waals surface area contributed by atoms with E-state index in [0.717, 1.165) is 22.4 Å². The van der Waals surface area contributed by atoms with Crippen molar-refractivity contribution >= 4 is 22.5 Å². The maximum Gasteiger partial charge on any atom is 0.192 e. The Bertz CT molecular complexity index is 1270. The summed E-state index contributed by atoms with van der Waals surface area (Å²) in [6.07, 6.45) is 6.43. The average Bonchev–Trinajstić information content (AvgIpc) is 2.68. The highest BCUT2D eigenvalue weighted by Crippen LogP contribution is 2.35. The van der Waals surface area contributed by atoms with Crippen LogP contribution in [0, 0.1) is 6.92 Å². The molecular formula is C23H21ClN4O. The lowest BCUT2D eigenvalue weighted by atomic mass is 9.85. The molecule has 0 atom stereocenters. The van der Waals surface area contributed by atoms with Gasteiger partial charge in [-0.15, -0.1) is 0 Å². The molecule has 0 radical (unpaired) electrons. The molecule has 0 saturated carbocycles. The first-order chi connectivity index (χ1) is 13.8. The summed E-state index contributed by atoms with van der Waals surface area (Å²) in [5, 5.41) is 1.18. The predicted octanol–water partition coefficient (Wildman–Crippen LogP) is 5.31. The van der Waals surface area contributed by atoms with E-state index >= 15 is 0 Å². The van der Waals surface area contributed by atoms with Crippen LogP contribution in [0.25, 0.3) is 33.5 Å². The smallest absolute Gasteiger partial charge is 0.192 e. The van der Waals surface area contributed by atoms with E-state index in [2.05, 4.69) is 46.8 Å². The number of benzene rings is 1. The summed E-state index contributed by atoms with van der Waals surface area (Å²) < 4.78 is 0. The highest BCUT2D eigenvalue weighted by molar-refractivity contribution is 6.31. The van der Waals surface area contributed by atoms with Crippen LogP contribution >= 0.6 is 11.6 Å². The van der Waals surface area contributed by atoms with Crippen molar-refractivity contribution in [1.29, 1.82) is 0 Å². The third-order valence-corrected chi connectivity index (χ3v) is 5.27. The van der Waals surface area contributed by atoms with Gasteiger partial charge < -0.3 is 4.98 Å². The van der Waals surface area contributed by atoms with E-state index in [9.17, 15) is 4.79 Å². The van der Waals surface area contributed by atoms with Crippen molar-refractivity contribution in [1.82, 2.24) is 19.9 Å². The van der Waals surface area contributed by atoms with Gasteiger partial charge in [-0.1, -0.05) is 38.4 Å². The summed E-state index contributed by atoms with van der Waals surface area (Å²) in [5.74, 6) is 0. The standard InChI is InChI=1S/C23H21ClN4O/c1-13-9-15(23(2,3)4)16(24)10-14(13)18-11-20(29)21-17(28-18)5-6-27-22(21)19-12-25-7-8-26-19/h5-12H,1-4H3,(H,28,29). The van der Waals surface area contributed by atoms with Crippen molar-refractivity contribution < 1.29 is 0 Å². The fourth-order valence-corrected chi connectivity index (χ4v) is 3.95. The van der Waals surface area contributed by atoms with Crippen LogP contribution in [-0.2, 0) is 5.41 Å². The number of hydrogen-bond acceptors (Lipinski definition) is 4. The molecule has 0 aliphatic carbocycles. The van der Waals surface area contributed by atoms with E-state index in [-0.39, 0.29) is 10.8 Å². The minimum absolute atomic E-state index is 0.0611. The summed E-state index contributed by atoms with van der Waals surface area (Å²) in [5.41, 5.74) is 5.34. The van der Waals surface area contributed by atoms with Crippen LogP contribution < -0.4 is 5.43 Å². The molecule has 0 amide bonds. The first-order valence-corrected chi connectivity index (χ1v) is 9.73. The molecular weight excluding hydrogens is 384 g/mol. The van der Waals surface area contributed by atoms with Gasteiger partial charge in [0.15, 0.2) is 5.43 Å². The number of aryl methyl sites for hydroxylation is 1. The summed E-state index contributed by atoms with van der Waals surface area (Å²) in [4.78, 5) is 29.2. The molecule has 0 aliphatic rings. The maximum atomic E-state index is 13.0. The van der Waals surface area contributed by atoms with E-state index in [4.69, 9.17) is 11.6 Å². The average molecular weight is 405 g/mol. The molecule has 4 rings (SSSR count). The summed E-state index contributed by atoms with van der Waals surface area (Å²) in [6, 6.07) is 7.41. The maximum absolute atomic E-state index is 13.0. The topological polar surface area (TPSA) is 71.5 Å². The zero-order chi connectivity index (χ0) is 20.8. The molecule has 3 aromatic heterocycles. The van der Waals surface area contributed by atoms with Crippen LogP contribution in [-0.4, -0.2) is 19.9 Å². The lowest BCUT2D eigenvalue weighted by Gasteiger charge is -2.22. The van der Waals surface area contributed by atoms with Crippen molar-refractivity contribution in [3.63, 3.8) is 0 Å². The molecule has 1 N–H and O–H groups in total. The first kappa shape index (κ1) is 19.3. The number of H-pyrrole nitrogens is 1. The molecule has 0 unspecified atom stereocenters. The molecule has 146 valence electrons. The van der Waals surface area contributed by atoms with Crippen LogP contribution in [0.3, 0.4) is 0 Å². The zero-order valence-corrected chi connectivity index (χ0v) is 17.5. The number of halogens is 1. The van der Waals surface area contributed by atoms with Crippen molar-refractivity contribution in [2.24, 2.45) is 0 Å². The van der Waals surface area contributed by atoms with Gasteiger partial charge in [-0.25, -0.2) is 0 Å². The normalized spacial score (nSPS) is 11.8. The lowest BCUT2D eigenvalue weighted by molar-refractivity contribution is 0.590. The van der Waals surface area contributed by atoms with Crippen molar-refractivity contribution in [2.45, 2.75) is 33.1 Å². The Morgan fingerprint density at radius 1 is 1.03 bits per heavy atom. The number of nitrogens with one attached hydrogen (secondary N) is 1. The van der Waals surface area contributed by atoms with E-state index in [1.54, 1.807) is 36.9 Å². The Balaban J connectivity index is 1.92. The highest BCUT2D eigenvalue weighted by atomic mass is 35.5. The van der Waals surface area contributed by atoms with Crippen LogP contribution in [0.15, 0.2) is 53.8 Å². The third kappa shape index (κ3) is 3.54. The van der Waals surface area contributed by atoms with Gasteiger partial charge in [-0.2, -0.15) is 0 Å². The Hall–Kier alpha value is -3.05. The van der Waals surface area contributed by atoms with Gasteiger partial charge in [-0.05, 0) is 35.6 Å². The molecule has 0 bridgehead atoms. The molecule has 0 spiro atoms. The van der Waals surface area contributed by atoms with E-state index in [0.29, 0.717) is 27.3 Å². The molecule has 0 saturated heterocycles. The Morgan fingerprint density at radius 3 is 2.52 bits per heavy atom. The zero-order valence-electron chi connectivity index (χ0n) is 16.7. The first-order valence-electron chi connectivity index (χ1n) is 9.35. The van der Waals surface area contributed by atoms with Crippen LogP contribution in [0.4, 0.5) is 0 Å². The summed E-state index contributed by atoms with van der Waals surface area (Å²) >= 11 is 6.58. The summed E-state index contributed by atoms with van der Waals surface area (Å²) in [7, 11) is 0. The van der Waals surface area contributed by atoms with Crippen molar-refractivity contribution in [3.8, 4) is 22.6 Å². The molecule has 6 heteroatoms. The van der Waals surface area contributed by atoms with Crippen LogP contribution in [0.2, 0.25) is 5.02 Å². The van der Waals surface area contributed by atoms with Gasteiger partial charge >= 0.3 is 0 Å². The molecule has 29 heavy (non-hydrogen) atoms. The van der Waals surface area contributed by atoms with Crippen molar-refractivity contribution in [3.05, 3.63) is 75.4 Å². The fourth-order valence-electron chi connectivity index (χ4n) is 3.51. The predicted molar refractivity (Wildman–Crippen MR) is 117 cm³/mol. The molecule has 4 aromatic rings. The quantitative estimate of drug-likeness (QED) is 0.491. The number of hydrogen-bond donors (Lipinski definition) is 1. The second kappa shape index (κ2) is 7.08. The van der Waals surface area contributed by atoms with E-state index < -0.39 is 0 Å². The fraction of sp³-hybridized carbons (Fsp3) is 0.217. The molecule has 0 fully saturated rings. The molecule has 1 aromatic carbocycles. The van der Waals surface area contributed by atoms with Gasteiger partial charge in [0.25, 0.3) is 0 Å². The monoisotopic (exact) mass is 404 g/mol. The number of nitrogens with zero attached hydrogens (tertiary/aromatic N) is 3. The van der Waals surface area contributed by atoms with Gasteiger partial charge in [0.1, 0.15) is 11.4 Å². The highest BCUT2D eigenvalue weighted by Gasteiger charge is 2.20. The lowest BCUT2D eigenvalue weighted by Crippen LogP contribution is -2.12. The van der Waals surface area contributed by atoms with Gasteiger partial charge in [0, 0.05) is 35.2 Å². The van der Waals surface area contributed by atoms with Crippen LogP contribution in [0.1, 0.15) is 31.9 Å². The third-order valence-electron chi connectivity index (χ3n) is 4.96. The second-order valence-corrected chi connectivity index (χ2v) is 8.52. The number of pyridine rings is 2. The Kier molecular flexibility index (Phi) is 4.71. The SMILES string of the molecule is Cc1cc(C(C)(C)C)c(Cl)cc1-c1cc(=O)c2c(-c3cnccn3)nccc2[nH]1. The molecule has 5 nitrogen and oxygen atoms in total. The number of rotatable bonds is 2. The van der Waals surface area contributed by atoms with Gasteiger partial charge in [0.05, 0.1) is 22.8 Å². The van der Waals surface area contributed by atoms with E-state index in [1.165, 1.54) is 0 Å². The minimum Gasteiger partial charge on any atom is -0.354 e. The minimum atomic E-state index is -0.127. The van der Waals surface area contributed by atoms with Crippen LogP contribution in [0.5, 0.6) is 0 Å².